The van der Waals surface area contributed by atoms with E-state index in [2.05, 4.69) is 22.2 Å². The normalized spacial score (nSPS) is 17.6. The molecule has 9 heteroatoms. The van der Waals surface area contributed by atoms with Gasteiger partial charge in [-0.05, 0) is 30.7 Å². The minimum absolute atomic E-state index is 0.261. The van der Waals surface area contributed by atoms with E-state index in [9.17, 15) is 18.0 Å². The average molecular weight is 358 g/mol. The second-order valence-corrected chi connectivity index (χ2v) is 7.08. The van der Waals surface area contributed by atoms with Gasteiger partial charge in [-0.3, -0.25) is 4.79 Å². The number of anilines is 1. The smallest absolute Gasteiger partial charge is 0.360 e. The summed E-state index contributed by atoms with van der Waals surface area (Å²) < 4.78 is 36.3. The van der Waals surface area contributed by atoms with Crippen LogP contribution in [0.3, 0.4) is 0 Å². The molecule has 1 aliphatic carbocycles. The highest BCUT2D eigenvalue weighted by Gasteiger charge is 2.28. The summed E-state index contributed by atoms with van der Waals surface area (Å²) in [6, 6.07) is 0. The zero-order valence-corrected chi connectivity index (χ0v) is 13.9. The second-order valence-electron chi connectivity index (χ2n) is 6.00. The molecule has 0 bridgehead atoms. The number of fused-ring (bicyclic) bond motifs is 3. The zero-order valence-electron chi connectivity index (χ0n) is 13.0. The highest BCUT2D eigenvalue weighted by atomic mass is 32.1. The van der Waals surface area contributed by atoms with Crippen LogP contribution < -0.4 is 10.6 Å². The number of hydrogen-bond acceptors (Lipinski definition) is 5. The third-order valence-corrected chi connectivity index (χ3v) is 5.16. The molecular weight excluding hydrogens is 341 g/mol. The lowest BCUT2D eigenvalue weighted by atomic mass is 9.89. The van der Waals surface area contributed by atoms with Crippen molar-refractivity contribution in [2.75, 3.05) is 18.4 Å². The van der Waals surface area contributed by atoms with Gasteiger partial charge in [-0.15, -0.1) is 11.3 Å². The van der Waals surface area contributed by atoms with Gasteiger partial charge in [0.25, 0.3) is 0 Å². The first-order chi connectivity index (χ1) is 11.3. The number of thiophene rings is 1. The molecule has 0 aliphatic heterocycles. The van der Waals surface area contributed by atoms with Crippen LogP contribution in [0.5, 0.6) is 0 Å². The van der Waals surface area contributed by atoms with E-state index >= 15 is 0 Å². The number of hydrogen-bond donors (Lipinski definition) is 2. The third-order valence-electron chi connectivity index (χ3n) is 3.99. The molecule has 2 aromatic rings. The van der Waals surface area contributed by atoms with Gasteiger partial charge in [-0.1, -0.05) is 6.92 Å². The van der Waals surface area contributed by atoms with E-state index < -0.39 is 18.6 Å². The molecule has 0 aromatic carbocycles. The number of carbonyl (C=O) groups excluding carboxylic acids is 1. The van der Waals surface area contributed by atoms with Gasteiger partial charge in [0.15, 0.2) is 0 Å². The summed E-state index contributed by atoms with van der Waals surface area (Å²) in [5, 5.41) is 5.58. The van der Waals surface area contributed by atoms with Gasteiger partial charge < -0.3 is 10.6 Å². The van der Waals surface area contributed by atoms with Crippen molar-refractivity contribution in [2.45, 2.75) is 32.4 Å². The van der Waals surface area contributed by atoms with Gasteiger partial charge in [-0.25, -0.2) is 9.97 Å². The lowest BCUT2D eigenvalue weighted by molar-refractivity contribution is -0.137. The number of nitrogens with one attached hydrogen (secondary N) is 2. The van der Waals surface area contributed by atoms with Crippen molar-refractivity contribution in [3.05, 3.63) is 16.8 Å². The van der Waals surface area contributed by atoms with Crippen LogP contribution in [0.15, 0.2) is 6.33 Å². The second kappa shape index (κ2) is 6.54. The summed E-state index contributed by atoms with van der Waals surface area (Å²) in [4.78, 5) is 22.1. The van der Waals surface area contributed by atoms with Crippen LogP contribution in [-0.4, -0.2) is 35.1 Å². The maximum atomic E-state index is 12.1. The molecule has 0 saturated carbocycles. The Morgan fingerprint density at radius 3 is 2.96 bits per heavy atom. The van der Waals surface area contributed by atoms with E-state index in [0.29, 0.717) is 11.7 Å². The Morgan fingerprint density at radius 1 is 1.42 bits per heavy atom. The van der Waals surface area contributed by atoms with E-state index in [-0.39, 0.29) is 6.54 Å². The first kappa shape index (κ1) is 16.9. The van der Waals surface area contributed by atoms with E-state index in [0.717, 1.165) is 29.5 Å². The fourth-order valence-electron chi connectivity index (χ4n) is 2.83. The number of nitrogens with zero attached hydrogens (tertiary/aromatic N) is 2. The predicted octanol–water partition coefficient (Wildman–Crippen LogP) is 2.91. The lowest BCUT2D eigenvalue weighted by Gasteiger charge is -2.18. The van der Waals surface area contributed by atoms with Crippen LogP contribution in [0.1, 0.15) is 23.8 Å². The van der Waals surface area contributed by atoms with Gasteiger partial charge in [-0.2, -0.15) is 13.2 Å². The Morgan fingerprint density at radius 2 is 2.21 bits per heavy atom. The zero-order chi connectivity index (χ0) is 17.3. The molecule has 1 aliphatic rings. The van der Waals surface area contributed by atoms with Gasteiger partial charge in [0, 0.05) is 4.88 Å². The van der Waals surface area contributed by atoms with Crippen LogP contribution >= 0.6 is 11.3 Å². The first-order valence-electron chi connectivity index (χ1n) is 7.66. The number of carbonyl (C=O) groups is 1. The number of halogens is 3. The number of amides is 1. The van der Waals surface area contributed by atoms with Gasteiger partial charge >= 0.3 is 6.18 Å². The summed E-state index contributed by atoms with van der Waals surface area (Å²) >= 11 is 1.63. The van der Waals surface area contributed by atoms with Crippen molar-refractivity contribution >= 4 is 33.3 Å². The largest absolute Gasteiger partial charge is 0.405 e. The monoisotopic (exact) mass is 358 g/mol. The summed E-state index contributed by atoms with van der Waals surface area (Å²) in [6.07, 6.45) is 0.00453. The quantitative estimate of drug-likeness (QED) is 0.882. The number of aromatic nitrogens is 2. The Hall–Kier alpha value is -1.90. The topological polar surface area (TPSA) is 66.9 Å². The molecule has 3 rings (SSSR count). The molecule has 2 heterocycles. The van der Waals surface area contributed by atoms with Crippen molar-refractivity contribution in [2.24, 2.45) is 5.92 Å². The molecule has 24 heavy (non-hydrogen) atoms. The highest BCUT2D eigenvalue weighted by molar-refractivity contribution is 7.19. The minimum Gasteiger partial charge on any atom is -0.360 e. The van der Waals surface area contributed by atoms with Crippen LogP contribution in [0.4, 0.5) is 19.0 Å². The summed E-state index contributed by atoms with van der Waals surface area (Å²) in [6.45, 7) is 0.616. The average Bonchev–Trinajstić information content (AvgIpc) is 2.88. The van der Waals surface area contributed by atoms with Crippen molar-refractivity contribution in [3.63, 3.8) is 0 Å². The molecular formula is C15H17F3N4OS. The molecule has 0 fully saturated rings. The fourth-order valence-corrected chi connectivity index (χ4v) is 4.18. The molecule has 1 atom stereocenters. The van der Waals surface area contributed by atoms with Crippen LogP contribution in [-0.2, 0) is 17.6 Å². The fraction of sp³-hybridized carbons (Fsp3) is 0.533. The van der Waals surface area contributed by atoms with Gasteiger partial charge in [0.05, 0.1) is 11.9 Å². The van der Waals surface area contributed by atoms with Crippen LogP contribution in [0.25, 0.3) is 10.2 Å². The molecule has 2 aromatic heterocycles. The molecule has 130 valence electrons. The maximum Gasteiger partial charge on any atom is 0.405 e. The molecule has 1 unspecified atom stereocenters. The third kappa shape index (κ3) is 3.77. The maximum absolute atomic E-state index is 12.1. The number of rotatable bonds is 4. The van der Waals surface area contributed by atoms with Crippen molar-refractivity contribution in [3.8, 4) is 0 Å². The molecule has 0 saturated heterocycles. The Labute approximate surface area is 140 Å². The lowest BCUT2D eigenvalue weighted by Crippen LogP contribution is -2.37. The SMILES string of the molecule is CC1CCc2c(sc3ncnc(NCC(=O)NCC(F)(F)F)c23)C1. The summed E-state index contributed by atoms with van der Waals surface area (Å²) in [5.74, 6) is 0.411. The van der Waals surface area contributed by atoms with E-state index in [1.807, 2.05) is 5.32 Å². The summed E-state index contributed by atoms with van der Waals surface area (Å²) in [7, 11) is 0. The molecule has 0 spiro atoms. The Kier molecular flexibility index (Phi) is 4.62. The van der Waals surface area contributed by atoms with Crippen LogP contribution in [0, 0.1) is 5.92 Å². The van der Waals surface area contributed by atoms with Gasteiger partial charge in [0.1, 0.15) is 23.5 Å². The van der Waals surface area contributed by atoms with Crippen LogP contribution in [0.2, 0.25) is 0 Å². The van der Waals surface area contributed by atoms with Crippen molar-refractivity contribution in [1.29, 1.82) is 0 Å². The highest BCUT2D eigenvalue weighted by Crippen LogP contribution is 2.39. The van der Waals surface area contributed by atoms with Gasteiger partial charge in [0.2, 0.25) is 5.91 Å². The Balaban J connectivity index is 1.74. The molecule has 1 amide bonds. The van der Waals surface area contributed by atoms with Crippen molar-refractivity contribution in [1.82, 2.24) is 15.3 Å². The minimum atomic E-state index is -4.42. The van der Waals surface area contributed by atoms with E-state index in [1.54, 1.807) is 11.3 Å². The molecule has 2 N–H and O–H groups in total. The standard InChI is InChI=1S/C15H17F3N4OS/c1-8-2-3-9-10(4-8)24-14-12(9)13(21-7-22-14)19-5-11(23)20-6-15(16,17)18/h7-8H,2-6H2,1H3,(H,20,23)(H,19,21,22). The van der Waals surface area contributed by atoms with E-state index in [4.69, 9.17) is 0 Å². The predicted molar refractivity (Wildman–Crippen MR) is 86.2 cm³/mol. The van der Waals surface area contributed by atoms with E-state index in [1.165, 1.54) is 16.8 Å². The molecule has 0 radical (unpaired) electrons. The summed E-state index contributed by atoms with van der Waals surface area (Å²) in [5.41, 5.74) is 1.20. The first-order valence-corrected chi connectivity index (χ1v) is 8.47. The van der Waals surface area contributed by atoms with Crippen molar-refractivity contribution < 1.29 is 18.0 Å². The molecule has 5 nitrogen and oxygen atoms in total. The number of aryl methyl sites for hydroxylation is 1. The number of alkyl halides is 3. The Bertz CT molecular complexity index is 759.